The first-order chi connectivity index (χ1) is 8.04. The molecule has 1 saturated carbocycles. The Labute approximate surface area is 109 Å². The summed E-state index contributed by atoms with van der Waals surface area (Å²) in [5, 5.41) is 0.752. The van der Waals surface area contributed by atoms with E-state index in [1.807, 2.05) is 18.2 Å². The molecule has 1 aliphatic rings. The molecule has 2 atom stereocenters. The van der Waals surface area contributed by atoms with Crippen molar-refractivity contribution in [2.75, 3.05) is 0 Å². The highest BCUT2D eigenvalue weighted by molar-refractivity contribution is 6.30. The van der Waals surface area contributed by atoms with E-state index in [0.29, 0.717) is 6.10 Å². The third kappa shape index (κ3) is 3.38. The van der Waals surface area contributed by atoms with Gasteiger partial charge in [-0.1, -0.05) is 31.5 Å². The summed E-state index contributed by atoms with van der Waals surface area (Å²) in [7, 11) is 0. The molecular weight excluding hydrogens is 232 g/mol. The fraction of sp³-hybridized carbons (Fsp3) is 0.600. The van der Waals surface area contributed by atoms with Crippen molar-refractivity contribution in [1.29, 1.82) is 0 Å². The van der Waals surface area contributed by atoms with Crippen LogP contribution >= 0.6 is 11.6 Å². The Morgan fingerprint density at radius 3 is 2.41 bits per heavy atom. The van der Waals surface area contributed by atoms with E-state index < -0.39 is 0 Å². The topological polar surface area (TPSA) is 9.23 Å². The van der Waals surface area contributed by atoms with E-state index in [4.69, 9.17) is 16.3 Å². The number of aryl methyl sites for hydroxylation is 1. The zero-order chi connectivity index (χ0) is 12.4. The zero-order valence-electron chi connectivity index (χ0n) is 10.9. The molecule has 2 rings (SSSR count). The summed E-state index contributed by atoms with van der Waals surface area (Å²) >= 11 is 6.01. The molecule has 1 aromatic rings. The maximum atomic E-state index is 6.12. The lowest BCUT2D eigenvalue weighted by atomic mass is 9.82. The van der Waals surface area contributed by atoms with Gasteiger partial charge in [0.2, 0.25) is 0 Å². The largest absolute Gasteiger partial charge is 0.490 e. The maximum absolute atomic E-state index is 6.12. The minimum atomic E-state index is 0.353. The summed E-state index contributed by atoms with van der Waals surface area (Å²) in [6, 6.07) is 5.87. The lowest BCUT2D eigenvalue weighted by Crippen LogP contribution is -2.28. The van der Waals surface area contributed by atoms with E-state index in [0.717, 1.165) is 35.4 Å². The third-order valence-electron chi connectivity index (χ3n) is 3.58. The molecule has 2 heteroatoms. The van der Waals surface area contributed by atoms with Gasteiger partial charge < -0.3 is 4.74 Å². The molecule has 0 spiro atoms. The first-order valence-corrected chi connectivity index (χ1v) is 6.85. The first-order valence-electron chi connectivity index (χ1n) is 6.47. The average Bonchev–Trinajstić information content (AvgIpc) is 2.22. The van der Waals surface area contributed by atoms with Crippen LogP contribution in [0.1, 0.15) is 38.7 Å². The van der Waals surface area contributed by atoms with Crippen LogP contribution in [-0.2, 0) is 0 Å². The predicted molar refractivity (Wildman–Crippen MR) is 72.8 cm³/mol. The molecule has 0 aliphatic heterocycles. The summed E-state index contributed by atoms with van der Waals surface area (Å²) in [6.07, 6.45) is 4.01. The normalized spacial score (nSPS) is 29.1. The molecule has 1 aliphatic carbocycles. The monoisotopic (exact) mass is 252 g/mol. The Morgan fingerprint density at radius 1 is 1.12 bits per heavy atom. The SMILES string of the molecule is Cc1ccc(Cl)cc1OC1CC(C)CC(C)C1. The van der Waals surface area contributed by atoms with Crippen LogP contribution in [0.2, 0.25) is 5.02 Å². The average molecular weight is 253 g/mol. The molecule has 0 heterocycles. The van der Waals surface area contributed by atoms with Gasteiger partial charge in [0.15, 0.2) is 0 Å². The number of benzene rings is 1. The third-order valence-corrected chi connectivity index (χ3v) is 3.81. The highest BCUT2D eigenvalue weighted by atomic mass is 35.5. The van der Waals surface area contributed by atoms with Crippen LogP contribution in [0.15, 0.2) is 18.2 Å². The summed E-state index contributed by atoms with van der Waals surface area (Å²) < 4.78 is 6.12. The Morgan fingerprint density at radius 2 is 1.76 bits per heavy atom. The molecule has 0 radical (unpaired) electrons. The smallest absolute Gasteiger partial charge is 0.124 e. The summed E-state index contributed by atoms with van der Waals surface area (Å²) in [5.41, 5.74) is 1.17. The van der Waals surface area contributed by atoms with Crippen LogP contribution in [0.4, 0.5) is 0 Å². The van der Waals surface area contributed by atoms with Crippen molar-refractivity contribution in [2.45, 2.75) is 46.1 Å². The van der Waals surface area contributed by atoms with Gasteiger partial charge in [0.05, 0.1) is 6.10 Å². The number of hydrogen-bond donors (Lipinski definition) is 0. The molecule has 17 heavy (non-hydrogen) atoms. The first kappa shape index (κ1) is 12.8. The number of hydrogen-bond acceptors (Lipinski definition) is 1. The standard InChI is InChI=1S/C15H21ClO/c1-10-6-11(2)8-14(7-10)17-15-9-13(16)5-4-12(15)3/h4-5,9-11,14H,6-8H2,1-3H3. The number of ether oxygens (including phenoxy) is 1. The molecule has 1 aromatic carbocycles. The summed E-state index contributed by atoms with van der Waals surface area (Å²) in [6.45, 7) is 6.70. The Bertz CT molecular complexity index is 379. The summed E-state index contributed by atoms with van der Waals surface area (Å²) in [5.74, 6) is 2.48. The molecule has 0 aromatic heterocycles. The van der Waals surface area contributed by atoms with E-state index in [9.17, 15) is 0 Å². The maximum Gasteiger partial charge on any atom is 0.124 e. The highest BCUT2D eigenvalue weighted by Gasteiger charge is 2.25. The predicted octanol–water partition coefficient (Wildman–Crippen LogP) is 4.85. The van der Waals surface area contributed by atoms with Crippen LogP contribution in [0, 0.1) is 18.8 Å². The van der Waals surface area contributed by atoms with Crippen molar-refractivity contribution < 1.29 is 4.74 Å². The van der Waals surface area contributed by atoms with Gasteiger partial charge in [-0.25, -0.2) is 0 Å². The van der Waals surface area contributed by atoms with E-state index in [1.54, 1.807) is 0 Å². The molecule has 0 saturated heterocycles. The second kappa shape index (κ2) is 5.30. The molecular formula is C15H21ClO. The quantitative estimate of drug-likeness (QED) is 0.731. The van der Waals surface area contributed by atoms with Gasteiger partial charge in [0, 0.05) is 5.02 Å². The Hall–Kier alpha value is -0.690. The summed E-state index contributed by atoms with van der Waals surface area (Å²) in [4.78, 5) is 0. The van der Waals surface area contributed by atoms with Crippen molar-refractivity contribution in [1.82, 2.24) is 0 Å². The molecule has 0 amide bonds. The van der Waals surface area contributed by atoms with E-state index in [2.05, 4.69) is 20.8 Å². The molecule has 1 fully saturated rings. The second-order valence-electron chi connectivity index (χ2n) is 5.57. The minimum Gasteiger partial charge on any atom is -0.490 e. The highest BCUT2D eigenvalue weighted by Crippen LogP contribution is 2.32. The second-order valence-corrected chi connectivity index (χ2v) is 6.00. The van der Waals surface area contributed by atoms with E-state index >= 15 is 0 Å². The van der Waals surface area contributed by atoms with Gasteiger partial charge in [0.25, 0.3) is 0 Å². The van der Waals surface area contributed by atoms with Gasteiger partial charge in [-0.15, -0.1) is 0 Å². The zero-order valence-corrected chi connectivity index (χ0v) is 11.6. The van der Waals surface area contributed by atoms with Crippen molar-refractivity contribution in [3.05, 3.63) is 28.8 Å². The van der Waals surface area contributed by atoms with Crippen LogP contribution in [0.5, 0.6) is 5.75 Å². The van der Waals surface area contributed by atoms with Gasteiger partial charge in [-0.2, -0.15) is 0 Å². The van der Waals surface area contributed by atoms with Gasteiger partial charge in [-0.05, 0) is 55.7 Å². The van der Waals surface area contributed by atoms with Crippen LogP contribution < -0.4 is 4.74 Å². The molecule has 1 nitrogen and oxygen atoms in total. The van der Waals surface area contributed by atoms with Crippen LogP contribution in [-0.4, -0.2) is 6.10 Å². The Kier molecular flexibility index (Phi) is 3.98. The van der Waals surface area contributed by atoms with Crippen LogP contribution in [0.3, 0.4) is 0 Å². The molecule has 94 valence electrons. The van der Waals surface area contributed by atoms with Gasteiger partial charge in [-0.3, -0.25) is 0 Å². The lowest BCUT2D eigenvalue weighted by molar-refractivity contribution is 0.100. The van der Waals surface area contributed by atoms with Gasteiger partial charge >= 0.3 is 0 Å². The number of halogens is 1. The molecule has 2 unspecified atom stereocenters. The molecule has 0 N–H and O–H groups in total. The van der Waals surface area contributed by atoms with E-state index in [-0.39, 0.29) is 0 Å². The van der Waals surface area contributed by atoms with Crippen molar-refractivity contribution in [3.8, 4) is 5.75 Å². The lowest BCUT2D eigenvalue weighted by Gasteiger charge is -2.32. The van der Waals surface area contributed by atoms with Crippen molar-refractivity contribution >= 4 is 11.6 Å². The van der Waals surface area contributed by atoms with Crippen molar-refractivity contribution in [3.63, 3.8) is 0 Å². The van der Waals surface area contributed by atoms with Crippen molar-refractivity contribution in [2.24, 2.45) is 11.8 Å². The van der Waals surface area contributed by atoms with Gasteiger partial charge in [0.1, 0.15) is 5.75 Å². The molecule has 0 bridgehead atoms. The van der Waals surface area contributed by atoms with E-state index in [1.165, 1.54) is 12.0 Å². The fourth-order valence-electron chi connectivity index (χ4n) is 2.85. The fourth-order valence-corrected chi connectivity index (χ4v) is 3.01. The minimum absolute atomic E-state index is 0.353. The Balaban J connectivity index is 2.07. The van der Waals surface area contributed by atoms with Crippen LogP contribution in [0.25, 0.3) is 0 Å². The number of rotatable bonds is 2.